The number of methoxy groups -OCH3 is 1. The molecule has 0 amide bonds. The number of esters is 1. The number of benzene rings is 1. The van der Waals surface area contributed by atoms with E-state index in [1.807, 2.05) is 18.2 Å². The average Bonchev–Trinajstić information content (AvgIpc) is 2.86. The van der Waals surface area contributed by atoms with Gasteiger partial charge in [-0.3, -0.25) is 4.79 Å². The normalized spacial score (nSPS) is 12.2. The maximum atomic E-state index is 11.3. The second-order valence-corrected chi connectivity index (χ2v) is 5.58. The van der Waals surface area contributed by atoms with Gasteiger partial charge in [0.15, 0.2) is 0 Å². The minimum absolute atomic E-state index is 0.370. The highest BCUT2D eigenvalue weighted by atomic mass is 32.1. The third kappa shape index (κ3) is 3.22. The van der Waals surface area contributed by atoms with Crippen LogP contribution in [-0.4, -0.2) is 19.1 Å². The van der Waals surface area contributed by atoms with Crippen LogP contribution < -0.4 is 5.73 Å². The van der Waals surface area contributed by atoms with E-state index in [0.29, 0.717) is 6.42 Å². The van der Waals surface area contributed by atoms with Crippen LogP contribution in [0.4, 0.5) is 0 Å². The fraction of sp³-hybridized carbons (Fsp3) is 0.267. The van der Waals surface area contributed by atoms with E-state index in [0.717, 1.165) is 4.88 Å². The van der Waals surface area contributed by atoms with Crippen molar-refractivity contribution in [1.29, 1.82) is 0 Å². The summed E-state index contributed by atoms with van der Waals surface area (Å²) >= 11 is 1.67. The van der Waals surface area contributed by atoms with Crippen LogP contribution in [0.15, 0.2) is 36.4 Å². The highest BCUT2D eigenvalue weighted by Gasteiger charge is 2.15. The number of nitrogens with two attached hydrogens (primary N) is 1. The van der Waals surface area contributed by atoms with E-state index in [1.165, 1.54) is 23.1 Å². The Morgan fingerprint density at radius 2 is 2.05 bits per heavy atom. The molecule has 4 heteroatoms. The summed E-state index contributed by atoms with van der Waals surface area (Å²) in [6.07, 6.45) is 0.517. The Hall–Kier alpha value is -1.65. The van der Waals surface area contributed by atoms with Crippen molar-refractivity contribution in [2.75, 3.05) is 7.11 Å². The molecule has 2 N–H and O–H groups in total. The van der Waals surface area contributed by atoms with E-state index in [9.17, 15) is 4.79 Å². The molecule has 0 aliphatic heterocycles. The molecule has 2 aromatic rings. The average molecular weight is 275 g/mol. The zero-order valence-electron chi connectivity index (χ0n) is 11.1. The number of carbonyl (C=O) groups is 1. The topological polar surface area (TPSA) is 52.3 Å². The maximum Gasteiger partial charge on any atom is 0.323 e. The molecule has 0 bridgehead atoms. The fourth-order valence-electron chi connectivity index (χ4n) is 1.93. The standard InChI is InChI=1S/C15H17NO2S/c1-10-5-3-4-6-12(10)14-8-7-11(19-14)9-13(16)15(17)18-2/h3-8,13H,9,16H2,1-2H3. The van der Waals surface area contributed by atoms with Gasteiger partial charge in [-0.15, -0.1) is 11.3 Å². The van der Waals surface area contributed by atoms with E-state index in [-0.39, 0.29) is 5.97 Å². The van der Waals surface area contributed by atoms with Crippen LogP contribution in [0.1, 0.15) is 10.4 Å². The van der Waals surface area contributed by atoms with Crippen molar-refractivity contribution in [2.24, 2.45) is 5.73 Å². The van der Waals surface area contributed by atoms with Crippen molar-refractivity contribution < 1.29 is 9.53 Å². The molecule has 0 saturated carbocycles. The van der Waals surface area contributed by atoms with E-state index < -0.39 is 6.04 Å². The molecule has 3 nitrogen and oxygen atoms in total. The number of hydrogen-bond acceptors (Lipinski definition) is 4. The molecule has 0 radical (unpaired) electrons. The number of aryl methyl sites for hydroxylation is 1. The minimum atomic E-state index is -0.589. The highest BCUT2D eigenvalue weighted by Crippen LogP contribution is 2.30. The predicted octanol–water partition coefficient (Wildman–Crippen LogP) is 2.77. The molecule has 100 valence electrons. The number of rotatable bonds is 4. The number of hydrogen-bond donors (Lipinski definition) is 1. The smallest absolute Gasteiger partial charge is 0.323 e. The Labute approximate surface area is 117 Å². The van der Waals surface area contributed by atoms with Gasteiger partial charge in [0, 0.05) is 16.2 Å². The van der Waals surface area contributed by atoms with Gasteiger partial charge in [-0.25, -0.2) is 0 Å². The fourth-order valence-corrected chi connectivity index (χ4v) is 3.09. The van der Waals surface area contributed by atoms with Gasteiger partial charge in [0.2, 0.25) is 0 Å². The Morgan fingerprint density at radius 3 is 2.74 bits per heavy atom. The molecule has 19 heavy (non-hydrogen) atoms. The zero-order valence-corrected chi connectivity index (χ0v) is 11.9. The lowest BCUT2D eigenvalue weighted by atomic mass is 10.1. The van der Waals surface area contributed by atoms with Crippen molar-refractivity contribution in [3.63, 3.8) is 0 Å². The Morgan fingerprint density at radius 1 is 1.32 bits per heavy atom. The van der Waals surface area contributed by atoms with Crippen LogP contribution in [0, 0.1) is 6.92 Å². The molecule has 0 spiro atoms. The molecular formula is C15H17NO2S. The quantitative estimate of drug-likeness (QED) is 0.873. The molecule has 0 aliphatic rings. The summed E-state index contributed by atoms with van der Waals surface area (Å²) in [5.74, 6) is -0.370. The molecule has 1 unspecified atom stereocenters. The molecule has 0 saturated heterocycles. The first-order chi connectivity index (χ1) is 9.11. The summed E-state index contributed by atoms with van der Waals surface area (Å²) in [5.41, 5.74) is 8.24. The van der Waals surface area contributed by atoms with Crippen LogP contribution in [0.2, 0.25) is 0 Å². The molecule has 1 aromatic heterocycles. The molecule has 2 rings (SSSR count). The molecule has 0 fully saturated rings. The van der Waals surface area contributed by atoms with Crippen molar-refractivity contribution in [2.45, 2.75) is 19.4 Å². The summed E-state index contributed by atoms with van der Waals surface area (Å²) in [7, 11) is 1.36. The Balaban J connectivity index is 2.16. The van der Waals surface area contributed by atoms with Gasteiger partial charge in [0.1, 0.15) is 6.04 Å². The number of thiophene rings is 1. The molecule has 1 atom stereocenters. The first-order valence-electron chi connectivity index (χ1n) is 6.10. The Kier molecular flexibility index (Phi) is 4.35. The van der Waals surface area contributed by atoms with Crippen LogP contribution >= 0.6 is 11.3 Å². The number of carbonyl (C=O) groups excluding carboxylic acids is 1. The van der Waals surface area contributed by atoms with E-state index in [2.05, 4.69) is 29.9 Å². The lowest BCUT2D eigenvalue weighted by Gasteiger charge is -2.07. The Bertz CT molecular complexity index is 577. The first-order valence-corrected chi connectivity index (χ1v) is 6.91. The van der Waals surface area contributed by atoms with Gasteiger partial charge in [-0.05, 0) is 30.2 Å². The summed E-state index contributed by atoms with van der Waals surface area (Å²) in [6.45, 7) is 2.09. The van der Waals surface area contributed by atoms with Crippen molar-refractivity contribution in [3.8, 4) is 10.4 Å². The zero-order chi connectivity index (χ0) is 13.8. The predicted molar refractivity (Wildman–Crippen MR) is 78.2 cm³/mol. The highest BCUT2D eigenvalue weighted by molar-refractivity contribution is 7.15. The van der Waals surface area contributed by atoms with Gasteiger partial charge in [0.05, 0.1) is 7.11 Å². The summed E-state index contributed by atoms with van der Waals surface area (Å²) in [4.78, 5) is 13.6. The third-order valence-corrected chi connectivity index (χ3v) is 4.14. The van der Waals surface area contributed by atoms with Gasteiger partial charge >= 0.3 is 5.97 Å². The van der Waals surface area contributed by atoms with Gasteiger partial charge < -0.3 is 10.5 Å². The molecular weight excluding hydrogens is 258 g/mol. The van der Waals surface area contributed by atoms with Gasteiger partial charge in [-0.1, -0.05) is 24.3 Å². The van der Waals surface area contributed by atoms with E-state index in [1.54, 1.807) is 11.3 Å². The van der Waals surface area contributed by atoms with Crippen LogP contribution in [0.5, 0.6) is 0 Å². The number of ether oxygens (including phenoxy) is 1. The maximum absolute atomic E-state index is 11.3. The first kappa shape index (κ1) is 13.8. The van der Waals surface area contributed by atoms with Gasteiger partial charge in [0.25, 0.3) is 0 Å². The SMILES string of the molecule is COC(=O)C(N)Cc1ccc(-c2ccccc2C)s1. The lowest BCUT2D eigenvalue weighted by Crippen LogP contribution is -2.33. The van der Waals surface area contributed by atoms with Gasteiger partial charge in [-0.2, -0.15) is 0 Å². The summed E-state index contributed by atoms with van der Waals surface area (Å²) in [5, 5.41) is 0. The van der Waals surface area contributed by atoms with Crippen LogP contribution in [-0.2, 0) is 16.0 Å². The van der Waals surface area contributed by atoms with Crippen molar-refractivity contribution in [3.05, 3.63) is 46.8 Å². The third-order valence-electron chi connectivity index (χ3n) is 3.00. The second-order valence-electron chi connectivity index (χ2n) is 4.41. The monoisotopic (exact) mass is 275 g/mol. The second kappa shape index (κ2) is 5.99. The van der Waals surface area contributed by atoms with E-state index in [4.69, 9.17) is 5.73 Å². The summed E-state index contributed by atoms with van der Waals surface area (Å²) in [6, 6.07) is 11.8. The van der Waals surface area contributed by atoms with E-state index >= 15 is 0 Å². The minimum Gasteiger partial charge on any atom is -0.468 e. The van der Waals surface area contributed by atoms with Crippen molar-refractivity contribution in [1.82, 2.24) is 0 Å². The largest absolute Gasteiger partial charge is 0.468 e. The summed E-state index contributed by atoms with van der Waals surface area (Å²) < 4.78 is 4.64. The van der Waals surface area contributed by atoms with Crippen molar-refractivity contribution >= 4 is 17.3 Å². The molecule has 0 aliphatic carbocycles. The molecule has 1 heterocycles. The van der Waals surface area contributed by atoms with Crippen LogP contribution in [0.3, 0.4) is 0 Å². The molecule has 1 aromatic carbocycles. The lowest BCUT2D eigenvalue weighted by molar-refractivity contribution is -0.142. The van der Waals surface area contributed by atoms with Crippen LogP contribution in [0.25, 0.3) is 10.4 Å².